The van der Waals surface area contributed by atoms with Crippen molar-refractivity contribution in [2.75, 3.05) is 19.5 Å². The van der Waals surface area contributed by atoms with E-state index in [1.54, 1.807) is 49.2 Å². The summed E-state index contributed by atoms with van der Waals surface area (Å²) in [5.41, 5.74) is 3.44. The molecule has 3 aromatic carbocycles. The van der Waals surface area contributed by atoms with Gasteiger partial charge in [-0.15, -0.1) is 5.10 Å². The van der Waals surface area contributed by atoms with Gasteiger partial charge in [0, 0.05) is 17.3 Å². The Labute approximate surface area is 213 Å². The number of nitrogens with one attached hydrogen (secondary N) is 1. The highest BCUT2D eigenvalue weighted by Gasteiger charge is 2.11. The van der Waals surface area contributed by atoms with Crippen LogP contribution in [0.4, 0.5) is 11.5 Å². The van der Waals surface area contributed by atoms with Crippen molar-refractivity contribution in [2.24, 2.45) is 0 Å². The number of phenolic OH excluding ortho intramolecular Hbond substituents is 2. The number of aromatic nitrogens is 3. The Hall–Kier alpha value is -4.74. The van der Waals surface area contributed by atoms with Gasteiger partial charge in [0.1, 0.15) is 11.5 Å². The third-order valence-electron chi connectivity index (χ3n) is 5.33. The van der Waals surface area contributed by atoms with Crippen molar-refractivity contribution in [3.05, 3.63) is 85.1 Å². The van der Waals surface area contributed by atoms with Gasteiger partial charge in [0.25, 0.3) is 0 Å². The molecule has 0 fully saturated rings. The number of fused-ring (bicyclic) bond motifs is 1. The van der Waals surface area contributed by atoms with Crippen molar-refractivity contribution in [2.45, 2.75) is 0 Å². The maximum Gasteiger partial charge on any atom is 0.488 e. The number of methoxy groups -OCH3 is 2. The molecule has 5 rings (SSSR count). The molecule has 0 unspecified atom stereocenters. The smallest absolute Gasteiger partial charge is 0.488 e. The van der Waals surface area contributed by atoms with Crippen LogP contribution in [0.2, 0.25) is 0 Å². The average molecular weight is 500 g/mol. The lowest BCUT2D eigenvalue weighted by Crippen LogP contribution is -2.29. The number of anilines is 2. The van der Waals surface area contributed by atoms with E-state index in [4.69, 9.17) is 24.6 Å². The fourth-order valence-electron chi connectivity index (χ4n) is 3.55. The zero-order chi connectivity index (χ0) is 26.4. The van der Waals surface area contributed by atoms with Crippen LogP contribution >= 0.6 is 0 Å². The molecular formula is C26H25BN4O6. The van der Waals surface area contributed by atoms with Crippen LogP contribution in [0, 0.1) is 0 Å². The average Bonchev–Trinajstić information content (AvgIpc) is 3.32. The topological polar surface area (TPSA) is 142 Å². The number of imidazole rings is 1. The van der Waals surface area contributed by atoms with Gasteiger partial charge in [0.2, 0.25) is 0 Å². The van der Waals surface area contributed by atoms with Crippen LogP contribution in [0.1, 0.15) is 0 Å². The van der Waals surface area contributed by atoms with E-state index in [9.17, 15) is 5.11 Å². The summed E-state index contributed by atoms with van der Waals surface area (Å²) in [6.07, 6.45) is 1.73. The molecule has 0 aliphatic carbocycles. The van der Waals surface area contributed by atoms with Gasteiger partial charge in [-0.25, -0.2) is 9.50 Å². The number of hydrogen-bond acceptors (Lipinski definition) is 9. The van der Waals surface area contributed by atoms with Gasteiger partial charge in [-0.05, 0) is 54.0 Å². The van der Waals surface area contributed by atoms with Gasteiger partial charge >= 0.3 is 7.12 Å². The number of rotatable bonds is 6. The molecule has 10 nitrogen and oxygen atoms in total. The van der Waals surface area contributed by atoms with Crippen LogP contribution < -0.4 is 20.3 Å². The molecule has 0 aliphatic heterocycles. The molecular weight excluding hydrogens is 475 g/mol. The molecule has 2 aromatic heterocycles. The Balaban J connectivity index is 0.000000270. The first-order chi connectivity index (χ1) is 17.9. The van der Waals surface area contributed by atoms with E-state index in [0.717, 1.165) is 16.9 Å². The summed E-state index contributed by atoms with van der Waals surface area (Å²) in [6.45, 7) is 0. The molecule has 0 spiro atoms. The van der Waals surface area contributed by atoms with E-state index in [1.807, 2.05) is 36.4 Å². The maximum absolute atomic E-state index is 9.74. The normalized spacial score (nSPS) is 10.4. The molecule has 11 heteroatoms. The first kappa shape index (κ1) is 25.4. The lowest BCUT2D eigenvalue weighted by Gasteiger charge is -2.11. The molecule has 0 saturated carbocycles. The highest BCUT2D eigenvalue weighted by atomic mass is 16.5. The van der Waals surface area contributed by atoms with Gasteiger partial charge in [0.05, 0.1) is 26.1 Å². The zero-order valence-corrected chi connectivity index (χ0v) is 20.1. The molecule has 0 atom stereocenters. The number of benzene rings is 3. The van der Waals surface area contributed by atoms with Crippen molar-refractivity contribution >= 4 is 29.7 Å². The quantitative estimate of drug-likeness (QED) is 0.223. The molecule has 0 radical (unpaired) electrons. The van der Waals surface area contributed by atoms with E-state index >= 15 is 0 Å². The third kappa shape index (κ3) is 6.10. The van der Waals surface area contributed by atoms with Crippen LogP contribution in [0.15, 0.2) is 85.1 Å². The molecule has 5 N–H and O–H groups in total. The molecule has 37 heavy (non-hydrogen) atoms. The fraction of sp³-hybridized carbons (Fsp3) is 0.0769. The monoisotopic (exact) mass is 500 g/mol. The van der Waals surface area contributed by atoms with Crippen molar-refractivity contribution in [3.63, 3.8) is 0 Å². The SMILES string of the molecule is COc1ccc(Nc2ccc3ncc(-c4cccc(O)c4)n3n2)cc1OC.OB(O)c1cccc(O)c1. The Morgan fingerprint density at radius 2 is 1.54 bits per heavy atom. The predicted octanol–water partition coefficient (Wildman–Crippen LogP) is 2.93. The minimum absolute atomic E-state index is 0.0330. The van der Waals surface area contributed by atoms with Crippen molar-refractivity contribution in [1.29, 1.82) is 0 Å². The Kier molecular flexibility index (Phi) is 7.77. The van der Waals surface area contributed by atoms with E-state index in [2.05, 4.69) is 15.4 Å². The zero-order valence-electron chi connectivity index (χ0n) is 20.1. The summed E-state index contributed by atoms with van der Waals surface area (Å²) >= 11 is 0. The highest BCUT2D eigenvalue weighted by molar-refractivity contribution is 6.58. The number of phenols is 2. The fourth-order valence-corrected chi connectivity index (χ4v) is 3.55. The highest BCUT2D eigenvalue weighted by Crippen LogP contribution is 2.31. The second-order valence-electron chi connectivity index (χ2n) is 7.85. The Bertz CT molecular complexity index is 1510. The maximum atomic E-state index is 9.74. The second kappa shape index (κ2) is 11.3. The minimum Gasteiger partial charge on any atom is -0.508 e. The number of aromatic hydroxyl groups is 2. The first-order valence-electron chi connectivity index (χ1n) is 11.2. The van der Waals surface area contributed by atoms with Gasteiger partial charge in [-0.3, -0.25) is 0 Å². The standard InChI is InChI=1S/C20H18N4O3.C6H7BO3/c1-26-17-7-6-14(11-18(17)27-2)22-19-8-9-20-21-12-16(24(20)23-19)13-4-3-5-15(25)10-13;8-6-3-1-2-5(4-6)7(9)10/h3-12,25H,1-2H3,(H,22,23);1-4,8-10H. The van der Waals surface area contributed by atoms with Crippen LogP contribution in [0.3, 0.4) is 0 Å². The summed E-state index contributed by atoms with van der Waals surface area (Å²) in [6, 6.07) is 22.1. The van der Waals surface area contributed by atoms with E-state index in [0.29, 0.717) is 28.4 Å². The van der Waals surface area contributed by atoms with Gasteiger partial charge < -0.3 is 35.1 Å². The molecule has 0 amide bonds. The van der Waals surface area contributed by atoms with Crippen molar-refractivity contribution in [3.8, 4) is 34.3 Å². The van der Waals surface area contributed by atoms with E-state index < -0.39 is 7.12 Å². The molecule has 5 aromatic rings. The predicted molar refractivity (Wildman–Crippen MR) is 141 cm³/mol. The van der Waals surface area contributed by atoms with Gasteiger partial charge in [-0.2, -0.15) is 0 Å². The molecule has 0 saturated heterocycles. The summed E-state index contributed by atoms with van der Waals surface area (Å²) in [5.74, 6) is 2.17. The molecule has 188 valence electrons. The Morgan fingerprint density at radius 3 is 2.19 bits per heavy atom. The minimum atomic E-state index is -1.51. The lowest BCUT2D eigenvalue weighted by atomic mass is 9.80. The molecule has 0 aliphatic rings. The lowest BCUT2D eigenvalue weighted by molar-refractivity contribution is 0.355. The largest absolute Gasteiger partial charge is 0.508 e. The molecule has 2 heterocycles. The molecule has 0 bridgehead atoms. The summed E-state index contributed by atoms with van der Waals surface area (Å²) in [5, 5.41) is 43.6. The van der Waals surface area contributed by atoms with Crippen molar-refractivity contribution in [1.82, 2.24) is 14.6 Å². The number of nitrogens with zero attached hydrogens (tertiary/aromatic N) is 3. The van der Waals surface area contributed by atoms with Crippen LogP contribution in [-0.4, -0.2) is 56.2 Å². The van der Waals surface area contributed by atoms with Crippen LogP contribution in [-0.2, 0) is 0 Å². The van der Waals surface area contributed by atoms with E-state index in [1.165, 1.54) is 18.2 Å². The number of ether oxygens (including phenoxy) is 2. The van der Waals surface area contributed by atoms with Gasteiger partial charge in [-0.1, -0.05) is 24.3 Å². The van der Waals surface area contributed by atoms with Crippen LogP contribution in [0.5, 0.6) is 23.0 Å². The van der Waals surface area contributed by atoms with Crippen LogP contribution in [0.25, 0.3) is 16.9 Å². The summed E-state index contributed by atoms with van der Waals surface area (Å²) in [4.78, 5) is 4.38. The number of hydrogen-bond donors (Lipinski definition) is 5. The Morgan fingerprint density at radius 1 is 0.811 bits per heavy atom. The summed E-state index contributed by atoms with van der Waals surface area (Å²) in [7, 11) is 1.69. The second-order valence-corrected chi connectivity index (χ2v) is 7.85. The third-order valence-corrected chi connectivity index (χ3v) is 5.33. The van der Waals surface area contributed by atoms with Gasteiger partial charge in [0.15, 0.2) is 23.0 Å². The summed E-state index contributed by atoms with van der Waals surface area (Å²) < 4.78 is 12.3. The first-order valence-corrected chi connectivity index (χ1v) is 11.2. The van der Waals surface area contributed by atoms with Crippen molar-refractivity contribution < 1.29 is 29.7 Å². The van der Waals surface area contributed by atoms with E-state index in [-0.39, 0.29) is 11.5 Å².